The highest BCUT2D eigenvalue weighted by molar-refractivity contribution is 5.77. The Labute approximate surface area is 123 Å². The molecule has 0 bridgehead atoms. The topological polar surface area (TPSA) is 32.8 Å². The average Bonchev–Trinajstić information content (AvgIpc) is 2.74. The van der Waals surface area contributed by atoms with Crippen molar-refractivity contribution >= 4 is 5.91 Å². The van der Waals surface area contributed by atoms with Gasteiger partial charge in [-0.15, -0.1) is 0 Å². The van der Waals surface area contributed by atoms with E-state index in [9.17, 15) is 4.79 Å². The Morgan fingerprint density at radius 2 is 1.65 bits per heavy atom. The molecule has 4 heteroatoms. The molecule has 0 atom stereocenters. The molecule has 0 N–H and O–H groups in total. The van der Waals surface area contributed by atoms with Gasteiger partial charge in [0.2, 0.25) is 5.91 Å². The van der Waals surface area contributed by atoms with Crippen LogP contribution in [0.1, 0.15) is 52.4 Å². The molecule has 0 unspecified atom stereocenters. The normalized spacial score (nSPS) is 23.1. The van der Waals surface area contributed by atoms with Gasteiger partial charge < -0.3 is 14.5 Å². The van der Waals surface area contributed by atoms with E-state index < -0.39 is 0 Å². The predicted molar refractivity (Wildman–Crippen MR) is 80.7 cm³/mol. The molecule has 0 aromatic carbocycles. The maximum atomic E-state index is 12.0. The van der Waals surface area contributed by atoms with Crippen LogP contribution < -0.4 is 0 Å². The predicted octanol–water partition coefficient (Wildman–Crippen LogP) is 2.28. The second-order valence-electron chi connectivity index (χ2n) is 6.42. The molecule has 0 aromatic rings. The summed E-state index contributed by atoms with van der Waals surface area (Å²) < 4.78 is 5.41. The fourth-order valence-corrected chi connectivity index (χ4v) is 3.27. The molecule has 2 aliphatic heterocycles. The highest BCUT2D eigenvalue weighted by Gasteiger charge is 2.27. The smallest absolute Gasteiger partial charge is 0.248 e. The molecular weight excluding hydrogens is 252 g/mol. The Bertz CT molecular complexity index is 291. The zero-order valence-electron chi connectivity index (χ0n) is 13.1. The lowest BCUT2D eigenvalue weighted by atomic mass is 10.0. The first-order chi connectivity index (χ1) is 9.66. The molecule has 0 saturated carbocycles. The lowest BCUT2D eigenvalue weighted by molar-refractivity contribution is -0.139. The summed E-state index contributed by atoms with van der Waals surface area (Å²) in [5.41, 5.74) is 0. The lowest BCUT2D eigenvalue weighted by Gasteiger charge is -2.38. The first kappa shape index (κ1) is 15.8. The molecule has 2 fully saturated rings. The summed E-state index contributed by atoms with van der Waals surface area (Å²) in [5.74, 6) is 0.160. The van der Waals surface area contributed by atoms with Gasteiger partial charge in [0.05, 0.1) is 6.10 Å². The molecule has 0 radical (unpaired) electrons. The van der Waals surface area contributed by atoms with Crippen molar-refractivity contribution < 1.29 is 9.53 Å². The zero-order chi connectivity index (χ0) is 14.4. The van der Waals surface area contributed by atoms with Gasteiger partial charge in [-0.25, -0.2) is 0 Å². The standard InChI is InChI=1S/C16H30N2O2/c1-14(2)20-13-16(19)18-11-7-15(8-12-18)17-9-5-3-4-6-10-17/h14-15H,3-13H2,1-2H3. The molecule has 0 aliphatic carbocycles. The number of carbonyl (C=O) groups is 1. The molecule has 116 valence electrons. The maximum Gasteiger partial charge on any atom is 0.248 e. The summed E-state index contributed by atoms with van der Waals surface area (Å²) in [6.45, 7) is 8.51. The SMILES string of the molecule is CC(C)OCC(=O)N1CCC(N2CCCCCC2)CC1. The number of rotatable bonds is 4. The first-order valence-corrected chi connectivity index (χ1v) is 8.30. The van der Waals surface area contributed by atoms with Gasteiger partial charge >= 0.3 is 0 Å². The van der Waals surface area contributed by atoms with Crippen LogP contribution >= 0.6 is 0 Å². The summed E-state index contributed by atoms with van der Waals surface area (Å²) in [7, 11) is 0. The third kappa shape index (κ3) is 4.74. The van der Waals surface area contributed by atoms with Gasteiger partial charge in [-0.05, 0) is 52.6 Å². The molecule has 2 rings (SSSR count). The van der Waals surface area contributed by atoms with Gasteiger partial charge in [-0.1, -0.05) is 12.8 Å². The highest BCUT2D eigenvalue weighted by Crippen LogP contribution is 2.20. The quantitative estimate of drug-likeness (QED) is 0.793. The van der Waals surface area contributed by atoms with Gasteiger partial charge in [-0.2, -0.15) is 0 Å². The van der Waals surface area contributed by atoms with Crippen molar-refractivity contribution in [2.75, 3.05) is 32.8 Å². The minimum atomic E-state index is 0.133. The van der Waals surface area contributed by atoms with Crippen molar-refractivity contribution in [3.8, 4) is 0 Å². The minimum Gasteiger partial charge on any atom is -0.369 e. The van der Waals surface area contributed by atoms with Crippen molar-refractivity contribution in [2.24, 2.45) is 0 Å². The van der Waals surface area contributed by atoms with Crippen molar-refractivity contribution in [3.63, 3.8) is 0 Å². The molecular formula is C16H30N2O2. The van der Waals surface area contributed by atoms with Crippen molar-refractivity contribution in [2.45, 2.75) is 64.5 Å². The molecule has 4 nitrogen and oxygen atoms in total. The van der Waals surface area contributed by atoms with E-state index in [1.54, 1.807) is 0 Å². The fraction of sp³-hybridized carbons (Fsp3) is 0.938. The number of ether oxygens (including phenoxy) is 1. The molecule has 1 amide bonds. The summed E-state index contributed by atoms with van der Waals surface area (Å²) in [4.78, 5) is 16.7. The number of hydrogen-bond donors (Lipinski definition) is 0. The van der Waals surface area contributed by atoms with Crippen LogP contribution in [0.5, 0.6) is 0 Å². The Kier molecular flexibility index (Phi) is 6.30. The second kappa shape index (κ2) is 7.99. The van der Waals surface area contributed by atoms with Crippen LogP contribution in [0.25, 0.3) is 0 Å². The summed E-state index contributed by atoms with van der Waals surface area (Å²) >= 11 is 0. The monoisotopic (exact) mass is 282 g/mol. The number of piperidine rings is 1. The number of likely N-dealkylation sites (tertiary alicyclic amines) is 2. The number of carbonyl (C=O) groups excluding carboxylic acids is 1. The molecule has 2 aliphatic rings. The highest BCUT2D eigenvalue weighted by atomic mass is 16.5. The van der Waals surface area contributed by atoms with Gasteiger partial charge in [0, 0.05) is 19.1 Å². The second-order valence-corrected chi connectivity index (χ2v) is 6.42. The number of nitrogens with zero attached hydrogens (tertiary/aromatic N) is 2. The summed E-state index contributed by atoms with van der Waals surface area (Å²) in [6.07, 6.45) is 7.87. The van der Waals surface area contributed by atoms with E-state index in [0.29, 0.717) is 6.04 Å². The zero-order valence-corrected chi connectivity index (χ0v) is 13.1. The van der Waals surface area contributed by atoms with E-state index >= 15 is 0 Å². The van der Waals surface area contributed by atoms with Gasteiger partial charge in [0.1, 0.15) is 6.61 Å². The molecule has 2 heterocycles. The Morgan fingerprint density at radius 3 is 2.20 bits per heavy atom. The van der Waals surface area contributed by atoms with Gasteiger partial charge in [0.15, 0.2) is 0 Å². The molecule has 0 aromatic heterocycles. The lowest BCUT2D eigenvalue weighted by Crippen LogP contribution is -2.48. The van der Waals surface area contributed by atoms with Crippen LogP contribution in [0.4, 0.5) is 0 Å². The average molecular weight is 282 g/mol. The summed E-state index contributed by atoms with van der Waals surface area (Å²) in [5, 5.41) is 0. The Balaban J connectivity index is 1.72. The van der Waals surface area contributed by atoms with Crippen molar-refractivity contribution in [1.82, 2.24) is 9.80 Å². The Hall–Kier alpha value is -0.610. The van der Waals surface area contributed by atoms with E-state index in [2.05, 4.69) is 4.90 Å². The molecule has 20 heavy (non-hydrogen) atoms. The summed E-state index contributed by atoms with van der Waals surface area (Å²) in [6, 6.07) is 0.697. The molecule has 0 spiro atoms. The van der Waals surface area contributed by atoms with Gasteiger partial charge in [-0.3, -0.25) is 4.79 Å². The van der Waals surface area contributed by atoms with Crippen molar-refractivity contribution in [3.05, 3.63) is 0 Å². The van der Waals surface area contributed by atoms with E-state index in [0.717, 1.165) is 25.9 Å². The van der Waals surface area contributed by atoms with E-state index in [1.807, 2.05) is 18.7 Å². The van der Waals surface area contributed by atoms with Crippen LogP contribution in [-0.2, 0) is 9.53 Å². The first-order valence-electron chi connectivity index (χ1n) is 8.30. The van der Waals surface area contributed by atoms with Crippen molar-refractivity contribution in [1.29, 1.82) is 0 Å². The van der Waals surface area contributed by atoms with Crippen LogP contribution in [0, 0.1) is 0 Å². The maximum absolute atomic E-state index is 12.0. The number of hydrogen-bond acceptors (Lipinski definition) is 3. The third-order valence-electron chi connectivity index (χ3n) is 4.51. The largest absolute Gasteiger partial charge is 0.369 e. The van der Waals surface area contributed by atoms with Crippen LogP contribution in [0.2, 0.25) is 0 Å². The number of amides is 1. The minimum absolute atomic E-state index is 0.133. The third-order valence-corrected chi connectivity index (χ3v) is 4.51. The fourth-order valence-electron chi connectivity index (χ4n) is 3.27. The van der Waals surface area contributed by atoms with E-state index in [4.69, 9.17) is 4.74 Å². The molecule has 2 saturated heterocycles. The van der Waals surface area contributed by atoms with Crippen LogP contribution in [0.15, 0.2) is 0 Å². The van der Waals surface area contributed by atoms with E-state index in [1.165, 1.54) is 38.8 Å². The van der Waals surface area contributed by atoms with Crippen LogP contribution in [-0.4, -0.2) is 60.6 Å². The van der Waals surface area contributed by atoms with Gasteiger partial charge in [0.25, 0.3) is 0 Å². The Morgan fingerprint density at radius 1 is 1.05 bits per heavy atom. The van der Waals surface area contributed by atoms with Crippen LogP contribution in [0.3, 0.4) is 0 Å². The van der Waals surface area contributed by atoms with E-state index in [-0.39, 0.29) is 18.6 Å².